The van der Waals surface area contributed by atoms with Crippen LogP contribution in [0.3, 0.4) is 0 Å². The molecule has 0 aliphatic carbocycles. The first-order chi connectivity index (χ1) is 8.62. The number of nitrogens with zero attached hydrogens (tertiary/aromatic N) is 2. The van der Waals surface area contributed by atoms with Gasteiger partial charge in [0.05, 0.1) is 5.75 Å². The van der Waals surface area contributed by atoms with Gasteiger partial charge in [0, 0.05) is 26.2 Å². The Labute approximate surface area is 110 Å². The van der Waals surface area contributed by atoms with Gasteiger partial charge in [0.25, 0.3) is 0 Å². The van der Waals surface area contributed by atoms with Crippen LogP contribution in [-0.4, -0.2) is 62.6 Å². The summed E-state index contributed by atoms with van der Waals surface area (Å²) in [4.78, 5) is 2.52. The van der Waals surface area contributed by atoms with Crippen molar-refractivity contribution in [2.24, 2.45) is 11.7 Å². The molecule has 0 unspecified atom stereocenters. The molecule has 0 radical (unpaired) electrons. The van der Waals surface area contributed by atoms with Crippen molar-refractivity contribution in [3.05, 3.63) is 0 Å². The summed E-state index contributed by atoms with van der Waals surface area (Å²) in [5, 5.41) is 0. The molecule has 2 aliphatic rings. The molecule has 0 spiro atoms. The zero-order valence-corrected chi connectivity index (χ0v) is 11.9. The maximum absolute atomic E-state index is 11.9. The molecule has 106 valence electrons. The Bertz CT molecular complexity index is 344. The lowest BCUT2D eigenvalue weighted by Crippen LogP contribution is -2.43. The summed E-state index contributed by atoms with van der Waals surface area (Å²) < 4.78 is 25.4. The second-order valence-electron chi connectivity index (χ2n) is 5.45. The predicted molar refractivity (Wildman–Crippen MR) is 72.8 cm³/mol. The largest absolute Gasteiger partial charge is 0.329 e. The lowest BCUT2D eigenvalue weighted by atomic mass is 9.98. The Morgan fingerprint density at radius 1 is 1.06 bits per heavy atom. The van der Waals surface area contributed by atoms with Crippen molar-refractivity contribution in [3.63, 3.8) is 0 Å². The lowest BCUT2D eigenvalue weighted by molar-refractivity contribution is 0.206. The average Bonchev–Trinajstić information content (AvgIpc) is 2.82. The molecule has 2 rings (SSSR count). The first kappa shape index (κ1) is 14.2. The van der Waals surface area contributed by atoms with E-state index < -0.39 is 10.0 Å². The van der Waals surface area contributed by atoms with Gasteiger partial charge in [-0.3, -0.25) is 0 Å². The van der Waals surface area contributed by atoms with Crippen LogP contribution in [0.15, 0.2) is 0 Å². The van der Waals surface area contributed by atoms with E-state index in [-0.39, 0.29) is 12.3 Å². The minimum atomic E-state index is -3.09. The first-order valence-electron chi connectivity index (χ1n) is 7.02. The third-order valence-corrected chi connectivity index (χ3v) is 5.96. The normalized spacial score (nSPS) is 24.7. The Kier molecular flexibility index (Phi) is 5.00. The molecule has 0 atom stereocenters. The predicted octanol–water partition coefficient (Wildman–Crippen LogP) is 0.0827. The van der Waals surface area contributed by atoms with E-state index in [4.69, 9.17) is 5.73 Å². The summed E-state index contributed by atoms with van der Waals surface area (Å²) in [7, 11) is -3.09. The number of piperidine rings is 1. The molecule has 2 N–H and O–H groups in total. The van der Waals surface area contributed by atoms with Crippen LogP contribution in [0.5, 0.6) is 0 Å². The lowest BCUT2D eigenvalue weighted by Gasteiger charge is -2.33. The molecule has 2 aliphatic heterocycles. The number of rotatable bonds is 5. The Balaban J connectivity index is 1.77. The van der Waals surface area contributed by atoms with Crippen LogP contribution in [0.25, 0.3) is 0 Å². The summed E-state index contributed by atoms with van der Waals surface area (Å²) in [6.45, 7) is 5.19. The molecule has 0 aromatic rings. The van der Waals surface area contributed by atoms with Gasteiger partial charge < -0.3 is 10.6 Å². The van der Waals surface area contributed by atoms with Crippen molar-refractivity contribution in [2.75, 3.05) is 45.0 Å². The van der Waals surface area contributed by atoms with E-state index in [0.717, 1.165) is 19.4 Å². The van der Waals surface area contributed by atoms with Crippen LogP contribution in [0.4, 0.5) is 0 Å². The zero-order valence-electron chi connectivity index (χ0n) is 11.1. The van der Waals surface area contributed by atoms with Gasteiger partial charge in [-0.05, 0) is 44.7 Å². The molecule has 0 aromatic carbocycles. The summed E-state index contributed by atoms with van der Waals surface area (Å²) in [6.07, 6.45) is 4.65. The standard InChI is InChI=1S/C12H25N3O2S/c13-5-10-18(16,17)15-8-3-12(4-9-15)11-14-6-1-2-7-14/h12H,1-11,13H2. The number of hydrogen-bond acceptors (Lipinski definition) is 4. The number of hydrogen-bond donors (Lipinski definition) is 1. The number of likely N-dealkylation sites (tertiary alicyclic amines) is 1. The highest BCUT2D eigenvalue weighted by Gasteiger charge is 2.28. The molecule has 6 heteroatoms. The third kappa shape index (κ3) is 3.66. The molecule has 2 heterocycles. The molecule has 0 amide bonds. The van der Waals surface area contributed by atoms with Crippen LogP contribution in [0.1, 0.15) is 25.7 Å². The minimum absolute atomic E-state index is 0.0871. The quantitative estimate of drug-likeness (QED) is 0.772. The molecule has 0 aromatic heterocycles. The van der Waals surface area contributed by atoms with E-state index in [0.29, 0.717) is 19.0 Å². The van der Waals surface area contributed by atoms with E-state index in [9.17, 15) is 8.42 Å². The SMILES string of the molecule is NCCS(=O)(=O)N1CCC(CN2CCCC2)CC1. The number of sulfonamides is 1. The molecule has 0 saturated carbocycles. The van der Waals surface area contributed by atoms with Gasteiger partial charge in [0.2, 0.25) is 10.0 Å². The highest BCUT2D eigenvalue weighted by molar-refractivity contribution is 7.89. The van der Waals surface area contributed by atoms with Gasteiger partial charge >= 0.3 is 0 Å². The highest BCUT2D eigenvalue weighted by atomic mass is 32.2. The van der Waals surface area contributed by atoms with E-state index in [2.05, 4.69) is 4.90 Å². The summed E-state index contributed by atoms with van der Waals surface area (Å²) in [5.74, 6) is 0.761. The molecule has 2 saturated heterocycles. The summed E-state index contributed by atoms with van der Waals surface area (Å²) >= 11 is 0. The molecular weight excluding hydrogens is 250 g/mol. The van der Waals surface area contributed by atoms with Crippen LogP contribution in [0, 0.1) is 5.92 Å². The van der Waals surface area contributed by atoms with Gasteiger partial charge in [0.1, 0.15) is 0 Å². The molecule has 5 nitrogen and oxygen atoms in total. The van der Waals surface area contributed by atoms with Gasteiger partial charge in [-0.1, -0.05) is 0 Å². The van der Waals surface area contributed by atoms with Crippen molar-refractivity contribution in [3.8, 4) is 0 Å². The van der Waals surface area contributed by atoms with Crippen molar-refractivity contribution in [1.82, 2.24) is 9.21 Å². The van der Waals surface area contributed by atoms with Crippen LogP contribution >= 0.6 is 0 Å². The van der Waals surface area contributed by atoms with E-state index in [1.54, 1.807) is 4.31 Å². The van der Waals surface area contributed by atoms with Gasteiger partial charge in [0.15, 0.2) is 0 Å². The van der Waals surface area contributed by atoms with E-state index >= 15 is 0 Å². The Morgan fingerprint density at radius 2 is 1.67 bits per heavy atom. The number of nitrogens with two attached hydrogens (primary N) is 1. The summed E-state index contributed by atoms with van der Waals surface area (Å²) in [6, 6.07) is 0. The van der Waals surface area contributed by atoms with Gasteiger partial charge in [-0.25, -0.2) is 12.7 Å². The van der Waals surface area contributed by atoms with Crippen LogP contribution in [0.2, 0.25) is 0 Å². The zero-order chi connectivity index (χ0) is 13.0. The second kappa shape index (κ2) is 6.32. The van der Waals surface area contributed by atoms with E-state index in [1.807, 2.05) is 0 Å². The molecule has 18 heavy (non-hydrogen) atoms. The monoisotopic (exact) mass is 275 g/mol. The highest BCUT2D eigenvalue weighted by Crippen LogP contribution is 2.22. The fourth-order valence-corrected chi connectivity index (χ4v) is 4.30. The third-order valence-electron chi connectivity index (χ3n) is 4.06. The van der Waals surface area contributed by atoms with Crippen molar-refractivity contribution in [2.45, 2.75) is 25.7 Å². The van der Waals surface area contributed by atoms with Gasteiger partial charge in [-0.2, -0.15) is 0 Å². The first-order valence-corrected chi connectivity index (χ1v) is 8.63. The summed E-state index contributed by atoms with van der Waals surface area (Å²) in [5.41, 5.74) is 5.34. The average molecular weight is 275 g/mol. The van der Waals surface area contributed by atoms with E-state index in [1.165, 1.54) is 25.9 Å². The molecular formula is C12H25N3O2S. The Morgan fingerprint density at radius 3 is 2.22 bits per heavy atom. The van der Waals surface area contributed by atoms with Crippen molar-refractivity contribution >= 4 is 10.0 Å². The molecule has 0 bridgehead atoms. The van der Waals surface area contributed by atoms with Gasteiger partial charge in [-0.15, -0.1) is 0 Å². The Hall–Kier alpha value is -0.170. The fourth-order valence-electron chi connectivity index (χ4n) is 2.98. The van der Waals surface area contributed by atoms with Crippen molar-refractivity contribution in [1.29, 1.82) is 0 Å². The minimum Gasteiger partial charge on any atom is -0.329 e. The molecule has 2 fully saturated rings. The van der Waals surface area contributed by atoms with Crippen molar-refractivity contribution < 1.29 is 8.42 Å². The van der Waals surface area contributed by atoms with Crippen LogP contribution in [-0.2, 0) is 10.0 Å². The maximum Gasteiger partial charge on any atom is 0.215 e. The topological polar surface area (TPSA) is 66.6 Å². The fraction of sp³-hybridized carbons (Fsp3) is 1.00. The maximum atomic E-state index is 11.9. The smallest absolute Gasteiger partial charge is 0.215 e. The second-order valence-corrected chi connectivity index (χ2v) is 7.54. The van der Waals surface area contributed by atoms with Crippen LogP contribution < -0.4 is 5.73 Å².